The number of hydrogen-bond donors (Lipinski definition) is 2. The van der Waals surface area contributed by atoms with Gasteiger partial charge in [-0.05, 0) is 18.8 Å². The van der Waals surface area contributed by atoms with Crippen LogP contribution in [-0.4, -0.2) is 41.9 Å². The van der Waals surface area contributed by atoms with Crippen molar-refractivity contribution in [2.45, 2.75) is 31.5 Å². The number of aliphatic hydroxyl groups is 1. The first-order valence-corrected chi connectivity index (χ1v) is 6.92. The molecule has 1 atom stereocenters. The number of nitrogens with one attached hydrogen (secondary N) is 1. The van der Waals surface area contributed by atoms with Crippen molar-refractivity contribution in [1.82, 2.24) is 30.1 Å². The lowest BCUT2D eigenvalue weighted by molar-refractivity contribution is -0.123. The van der Waals surface area contributed by atoms with Crippen LogP contribution in [0.2, 0.25) is 0 Å². The predicted molar refractivity (Wildman–Crippen MR) is 72.8 cm³/mol. The number of aryl methyl sites for hydroxylation is 1. The van der Waals surface area contributed by atoms with Crippen molar-refractivity contribution in [3.8, 4) is 0 Å². The van der Waals surface area contributed by atoms with E-state index in [1.807, 2.05) is 13.2 Å². The smallest absolute Gasteiger partial charge is 0.242 e. The Morgan fingerprint density at radius 3 is 2.95 bits per heavy atom. The van der Waals surface area contributed by atoms with Crippen LogP contribution >= 0.6 is 0 Å². The van der Waals surface area contributed by atoms with E-state index in [9.17, 15) is 9.90 Å². The van der Waals surface area contributed by atoms with Gasteiger partial charge < -0.3 is 10.4 Å². The average Bonchev–Trinajstić information content (AvgIpc) is 3.04. The number of carbonyl (C=O) groups excluding carboxylic acids is 1. The maximum absolute atomic E-state index is 12.1. The van der Waals surface area contributed by atoms with Gasteiger partial charge in [0.1, 0.15) is 6.54 Å². The molecule has 1 unspecified atom stereocenters. The zero-order valence-electron chi connectivity index (χ0n) is 11.8. The van der Waals surface area contributed by atoms with Crippen LogP contribution in [0.1, 0.15) is 24.4 Å². The lowest BCUT2D eigenvalue weighted by Gasteiger charge is -2.37. The van der Waals surface area contributed by atoms with Gasteiger partial charge in [0.15, 0.2) is 0 Å². The van der Waals surface area contributed by atoms with Gasteiger partial charge in [0.05, 0.1) is 24.5 Å². The van der Waals surface area contributed by atoms with Gasteiger partial charge in [-0.25, -0.2) is 4.68 Å². The average molecular weight is 290 g/mol. The summed E-state index contributed by atoms with van der Waals surface area (Å²) in [4.78, 5) is 12.1. The van der Waals surface area contributed by atoms with E-state index in [0.717, 1.165) is 5.56 Å². The van der Waals surface area contributed by atoms with Gasteiger partial charge >= 0.3 is 0 Å². The quantitative estimate of drug-likeness (QED) is 0.783. The van der Waals surface area contributed by atoms with Crippen LogP contribution in [-0.2, 0) is 18.4 Å². The van der Waals surface area contributed by atoms with Crippen molar-refractivity contribution in [2.24, 2.45) is 13.0 Å². The largest absolute Gasteiger partial charge is 0.393 e. The summed E-state index contributed by atoms with van der Waals surface area (Å²) in [5.74, 6) is 0.111. The SMILES string of the molecule is Cn1cc(C(NC(=O)Cn2ccnn2)C2CC(O)C2)cn1. The molecular formula is C13H18N6O2. The van der Waals surface area contributed by atoms with Crippen LogP contribution in [0.3, 0.4) is 0 Å². The molecule has 2 aromatic heterocycles. The summed E-state index contributed by atoms with van der Waals surface area (Å²) in [5.41, 5.74) is 0.960. The van der Waals surface area contributed by atoms with E-state index in [-0.39, 0.29) is 30.5 Å². The summed E-state index contributed by atoms with van der Waals surface area (Å²) in [5, 5.41) is 24.1. The van der Waals surface area contributed by atoms with Crippen molar-refractivity contribution in [3.63, 3.8) is 0 Å². The highest BCUT2D eigenvalue weighted by Crippen LogP contribution is 2.37. The zero-order valence-corrected chi connectivity index (χ0v) is 11.8. The Morgan fingerprint density at radius 1 is 1.57 bits per heavy atom. The fourth-order valence-corrected chi connectivity index (χ4v) is 2.66. The first-order chi connectivity index (χ1) is 10.1. The van der Waals surface area contributed by atoms with E-state index in [1.165, 1.54) is 10.9 Å². The van der Waals surface area contributed by atoms with E-state index in [4.69, 9.17) is 0 Å². The third kappa shape index (κ3) is 3.10. The monoisotopic (exact) mass is 290 g/mol. The molecule has 0 bridgehead atoms. The maximum Gasteiger partial charge on any atom is 0.242 e. The zero-order chi connectivity index (χ0) is 14.8. The summed E-state index contributed by atoms with van der Waals surface area (Å²) >= 11 is 0. The normalized spacial score (nSPS) is 22.6. The molecule has 0 spiro atoms. The number of nitrogens with zero attached hydrogens (tertiary/aromatic N) is 5. The Balaban J connectivity index is 1.68. The molecule has 8 heteroatoms. The molecule has 1 aliphatic rings. The van der Waals surface area contributed by atoms with E-state index in [1.54, 1.807) is 17.1 Å². The summed E-state index contributed by atoms with van der Waals surface area (Å²) in [7, 11) is 1.84. The maximum atomic E-state index is 12.1. The van der Waals surface area contributed by atoms with Crippen molar-refractivity contribution < 1.29 is 9.90 Å². The van der Waals surface area contributed by atoms with Crippen molar-refractivity contribution in [3.05, 3.63) is 30.4 Å². The van der Waals surface area contributed by atoms with Gasteiger partial charge in [-0.3, -0.25) is 9.48 Å². The Labute approximate surface area is 121 Å². The van der Waals surface area contributed by atoms with Crippen LogP contribution in [0.5, 0.6) is 0 Å². The molecule has 1 aliphatic carbocycles. The van der Waals surface area contributed by atoms with Gasteiger partial charge in [-0.2, -0.15) is 5.10 Å². The van der Waals surface area contributed by atoms with Crippen molar-refractivity contribution in [2.75, 3.05) is 0 Å². The Bertz CT molecular complexity index is 602. The second-order valence-corrected chi connectivity index (χ2v) is 5.48. The van der Waals surface area contributed by atoms with Gasteiger partial charge in [0.25, 0.3) is 0 Å². The number of aliphatic hydroxyl groups excluding tert-OH is 1. The number of hydrogen-bond acceptors (Lipinski definition) is 5. The third-order valence-electron chi connectivity index (χ3n) is 3.80. The molecule has 8 nitrogen and oxygen atoms in total. The summed E-state index contributed by atoms with van der Waals surface area (Å²) in [6, 6.07) is -0.127. The fourth-order valence-electron chi connectivity index (χ4n) is 2.66. The Hall–Kier alpha value is -2.22. The van der Waals surface area contributed by atoms with E-state index in [0.29, 0.717) is 12.8 Å². The second kappa shape index (κ2) is 5.65. The molecule has 21 heavy (non-hydrogen) atoms. The Kier molecular flexibility index (Phi) is 3.70. The summed E-state index contributed by atoms with van der Waals surface area (Å²) in [6.07, 6.45) is 7.96. The lowest BCUT2D eigenvalue weighted by Crippen LogP contribution is -2.42. The van der Waals surface area contributed by atoms with Crippen LogP contribution in [0, 0.1) is 5.92 Å². The number of rotatable bonds is 5. The van der Waals surface area contributed by atoms with Gasteiger partial charge in [-0.15, -0.1) is 5.10 Å². The number of carbonyl (C=O) groups is 1. The standard InChI is InChI=1S/C13H18N6O2/c1-18-7-10(6-15-18)13(9-4-11(20)5-9)16-12(21)8-19-3-2-14-17-19/h2-3,6-7,9,11,13,20H,4-5,8H2,1H3,(H,16,21). The molecule has 1 fully saturated rings. The molecule has 0 saturated heterocycles. The molecular weight excluding hydrogens is 272 g/mol. The highest BCUT2D eigenvalue weighted by atomic mass is 16.3. The van der Waals surface area contributed by atoms with E-state index in [2.05, 4.69) is 20.7 Å². The first kappa shape index (κ1) is 13.7. The molecule has 0 aromatic carbocycles. The minimum atomic E-state index is -0.263. The minimum absolute atomic E-state index is 0.127. The van der Waals surface area contributed by atoms with Gasteiger partial charge in [0.2, 0.25) is 5.91 Å². The molecule has 1 saturated carbocycles. The number of aromatic nitrogens is 5. The molecule has 0 radical (unpaired) electrons. The molecule has 112 valence electrons. The van der Waals surface area contributed by atoms with Gasteiger partial charge in [0, 0.05) is 25.0 Å². The predicted octanol–water partition coefficient (Wildman–Crippen LogP) is -0.360. The highest BCUT2D eigenvalue weighted by molar-refractivity contribution is 5.76. The summed E-state index contributed by atoms with van der Waals surface area (Å²) < 4.78 is 3.19. The molecule has 1 amide bonds. The third-order valence-corrected chi connectivity index (χ3v) is 3.80. The Morgan fingerprint density at radius 2 is 2.38 bits per heavy atom. The minimum Gasteiger partial charge on any atom is -0.393 e. The van der Waals surface area contributed by atoms with Crippen LogP contribution in [0.4, 0.5) is 0 Å². The number of amides is 1. The molecule has 2 heterocycles. The second-order valence-electron chi connectivity index (χ2n) is 5.48. The topological polar surface area (TPSA) is 97.9 Å². The van der Waals surface area contributed by atoms with Gasteiger partial charge in [-0.1, -0.05) is 5.21 Å². The van der Waals surface area contributed by atoms with E-state index >= 15 is 0 Å². The fraction of sp³-hybridized carbons (Fsp3) is 0.538. The molecule has 3 rings (SSSR count). The van der Waals surface area contributed by atoms with E-state index < -0.39 is 0 Å². The molecule has 2 N–H and O–H groups in total. The molecule has 2 aromatic rings. The summed E-state index contributed by atoms with van der Waals surface area (Å²) in [6.45, 7) is 0.131. The lowest BCUT2D eigenvalue weighted by atomic mass is 9.75. The first-order valence-electron chi connectivity index (χ1n) is 6.92. The van der Waals surface area contributed by atoms with Crippen molar-refractivity contribution in [1.29, 1.82) is 0 Å². The molecule has 0 aliphatic heterocycles. The van der Waals surface area contributed by atoms with Crippen LogP contribution in [0.25, 0.3) is 0 Å². The van der Waals surface area contributed by atoms with Crippen LogP contribution < -0.4 is 5.32 Å². The van der Waals surface area contributed by atoms with Crippen LogP contribution in [0.15, 0.2) is 24.8 Å². The van der Waals surface area contributed by atoms with Crippen molar-refractivity contribution >= 4 is 5.91 Å². The highest BCUT2D eigenvalue weighted by Gasteiger charge is 2.36.